The first-order chi connectivity index (χ1) is 15.7. The summed E-state index contributed by atoms with van der Waals surface area (Å²) in [5.41, 5.74) is -0.322. The summed E-state index contributed by atoms with van der Waals surface area (Å²) in [5, 5.41) is 11.3. The molecule has 3 aromatic rings. The van der Waals surface area contributed by atoms with Crippen molar-refractivity contribution >= 4 is 34.7 Å². The Labute approximate surface area is 192 Å². The zero-order valence-corrected chi connectivity index (χ0v) is 18.3. The average Bonchev–Trinajstić information content (AvgIpc) is 3.32. The number of hydrogen-bond donors (Lipinski definition) is 1. The number of nitrogens with zero attached hydrogens (tertiary/aromatic N) is 1. The molecular weight excluding hydrogens is 456 g/mol. The number of furan rings is 1. The number of hydrogen-bond acceptors (Lipinski definition) is 5. The number of benzene rings is 2. The van der Waals surface area contributed by atoms with Crippen LogP contribution in [0, 0.1) is 18.6 Å². The highest BCUT2D eigenvalue weighted by molar-refractivity contribution is 6.51. The standard InChI is InChI=1S/C24H18ClF2NO5/c1-3-32-14-6-7-16(25)15(11-14)22(29)20-21(19-9-4-12(2)33-19)28(24(31)23(20)30)13-5-8-17(26)18(27)10-13/h4-11,21,29H,3H2,1-2H3/b22-20-. The molecule has 1 amide bonds. The van der Waals surface area contributed by atoms with E-state index in [2.05, 4.69) is 0 Å². The van der Waals surface area contributed by atoms with Crippen molar-refractivity contribution in [2.45, 2.75) is 19.9 Å². The van der Waals surface area contributed by atoms with Crippen molar-refractivity contribution in [3.05, 3.63) is 87.8 Å². The molecule has 2 heterocycles. The summed E-state index contributed by atoms with van der Waals surface area (Å²) in [5.74, 6) is -3.91. The van der Waals surface area contributed by atoms with Crippen molar-refractivity contribution in [2.75, 3.05) is 11.5 Å². The Bertz CT molecular complexity index is 1300. The summed E-state index contributed by atoms with van der Waals surface area (Å²) in [7, 11) is 0. The van der Waals surface area contributed by atoms with Crippen LogP contribution in [0.3, 0.4) is 0 Å². The van der Waals surface area contributed by atoms with Crippen molar-refractivity contribution in [3.8, 4) is 5.75 Å². The van der Waals surface area contributed by atoms with Crippen molar-refractivity contribution in [1.29, 1.82) is 0 Å². The van der Waals surface area contributed by atoms with Gasteiger partial charge in [-0.1, -0.05) is 11.6 Å². The SMILES string of the molecule is CCOc1ccc(Cl)c(/C(O)=C2/C(=O)C(=O)N(c3ccc(F)c(F)c3)C2c2ccc(C)o2)c1. The van der Waals surface area contributed by atoms with E-state index in [1.165, 1.54) is 18.2 Å². The van der Waals surface area contributed by atoms with Crippen LogP contribution in [0.15, 0.2) is 58.5 Å². The van der Waals surface area contributed by atoms with Crippen molar-refractivity contribution in [1.82, 2.24) is 0 Å². The monoisotopic (exact) mass is 473 g/mol. The summed E-state index contributed by atoms with van der Waals surface area (Å²) >= 11 is 6.27. The Hall–Kier alpha value is -3.65. The number of aryl methyl sites for hydroxylation is 1. The fourth-order valence-electron chi connectivity index (χ4n) is 3.69. The normalized spacial score (nSPS) is 17.6. The van der Waals surface area contributed by atoms with Gasteiger partial charge in [-0.2, -0.15) is 0 Å². The number of Topliss-reactive ketones (excluding diaryl/α,β-unsaturated/α-hetero) is 1. The predicted molar refractivity (Wildman–Crippen MR) is 117 cm³/mol. The van der Waals surface area contributed by atoms with Crippen LogP contribution in [0.2, 0.25) is 5.02 Å². The van der Waals surface area contributed by atoms with E-state index in [-0.39, 0.29) is 27.6 Å². The highest BCUT2D eigenvalue weighted by atomic mass is 35.5. The fourth-order valence-corrected chi connectivity index (χ4v) is 3.90. The Morgan fingerprint density at radius 1 is 1.12 bits per heavy atom. The topological polar surface area (TPSA) is 80.0 Å². The molecule has 0 spiro atoms. The third-order valence-corrected chi connectivity index (χ3v) is 5.49. The van der Waals surface area contributed by atoms with E-state index in [1.807, 2.05) is 0 Å². The van der Waals surface area contributed by atoms with Crippen LogP contribution in [0.5, 0.6) is 5.75 Å². The minimum atomic E-state index is -1.24. The molecule has 33 heavy (non-hydrogen) atoms. The van der Waals surface area contributed by atoms with Crippen molar-refractivity contribution in [3.63, 3.8) is 0 Å². The molecule has 0 radical (unpaired) electrons. The summed E-state index contributed by atoms with van der Waals surface area (Å²) in [6.07, 6.45) is 0. The lowest BCUT2D eigenvalue weighted by Gasteiger charge is -2.23. The predicted octanol–water partition coefficient (Wildman–Crippen LogP) is 5.54. The van der Waals surface area contributed by atoms with Gasteiger partial charge in [0.05, 0.1) is 17.2 Å². The molecule has 0 aliphatic carbocycles. The van der Waals surface area contributed by atoms with Gasteiger partial charge in [0.25, 0.3) is 11.7 Å². The fraction of sp³-hybridized carbons (Fsp3) is 0.167. The smallest absolute Gasteiger partial charge is 0.300 e. The number of anilines is 1. The minimum Gasteiger partial charge on any atom is -0.507 e. The van der Waals surface area contributed by atoms with Gasteiger partial charge in [0.15, 0.2) is 11.6 Å². The van der Waals surface area contributed by atoms with E-state index >= 15 is 0 Å². The van der Waals surface area contributed by atoms with Gasteiger partial charge in [-0.3, -0.25) is 14.5 Å². The highest BCUT2D eigenvalue weighted by Crippen LogP contribution is 2.44. The summed E-state index contributed by atoms with van der Waals surface area (Å²) in [4.78, 5) is 27.0. The molecule has 6 nitrogen and oxygen atoms in total. The number of amides is 1. The van der Waals surface area contributed by atoms with Gasteiger partial charge in [-0.15, -0.1) is 0 Å². The van der Waals surface area contributed by atoms with E-state index in [0.717, 1.165) is 23.1 Å². The van der Waals surface area contributed by atoms with Crippen LogP contribution in [-0.2, 0) is 9.59 Å². The van der Waals surface area contributed by atoms with Crippen LogP contribution in [0.1, 0.15) is 30.0 Å². The number of ether oxygens (including phenoxy) is 1. The number of halogens is 3. The zero-order valence-electron chi connectivity index (χ0n) is 17.6. The summed E-state index contributed by atoms with van der Waals surface area (Å²) in [6, 6.07) is 9.23. The quantitative estimate of drug-likeness (QED) is 0.299. The van der Waals surface area contributed by atoms with Crippen LogP contribution in [0.4, 0.5) is 14.5 Å². The average molecular weight is 474 g/mol. The first-order valence-electron chi connectivity index (χ1n) is 9.98. The van der Waals surface area contributed by atoms with E-state index in [0.29, 0.717) is 18.1 Å². The van der Waals surface area contributed by atoms with Gasteiger partial charge >= 0.3 is 0 Å². The molecule has 1 unspecified atom stereocenters. The lowest BCUT2D eigenvalue weighted by Crippen LogP contribution is -2.29. The zero-order chi connectivity index (χ0) is 23.9. The van der Waals surface area contributed by atoms with Gasteiger partial charge in [-0.25, -0.2) is 8.78 Å². The number of carbonyl (C=O) groups is 2. The molecule has 4 rings (SSSR count). The van der Waals surface area contributed by atoms with Crippen LogP contribution < -0.4 is 9.64 Å². The lowest BCUT2D eigenvalue weighted by atomic mass is 9.99. The third kappa shape index (κ3) is 3.98. The van der Waals surface area contributed by atoms with Gasteiger partial charge in [0.2, 0.25) is 0 Å². The number of carbonyl (C=O) groups excluding carboxylic acids is 2. The Balaban J connectivity index is 1.95. The molecule has 1 aliphatic heterocycles. The molecule has 1 aromatic heterocycles. The van der Waals surface area contributed by atoms with Gasteiger partial charge in [-0.05, 0) is 56.3 Å². The molecule has 1 atom stereocenters. The highest BCUT2D eigenvalue weighted by Gasteiger charge is 2.48. The van der Waals surface area contributed by atoms with Crippen LogP contribution in [-0.4, -0.2) is 23.4 Å². The molecule has 1 N–H and O–H groups in total. The second kappa shape index (κ2) is 8.71. The van der Waals surface area contributed by atoms with E-state index in [4.69, 9.17) is 20.8 Å². The molecular formula is C24H18ClF2NO5. The lowest BCUT2D eigenvalue weighted by molar-refractivity contribution is -0.132. The maximum Gasteiger partial charge on any atom is 0.300 e. The maximum atomic E-state index is 14.0. The second-order valence-electron chi connectivity index (χ2n) is 7.29. The molecule has 9 heteroatoms. The van der Waals surface area contributed by atoms with Gasteiger partial charge in [0, 0.05) is 17.3 Å². The molecule has 1 aliphatic rings. The van der Waals surface area contributed by atoms with Gasteiger partial charge in [0.1, 0.15) is 29.1 Å². The van der Waals surface area contributed by atoms with E-state index in [9.17, 15) is 23.5 Å². The first-order valence-corrected chi connectivity index (χ1v) is 10.4. The maximum absolute atomic E-state index is 14.0. The van der Waals surface area contributed by atoms with Crippen LogP contribution in [0.25, 0.3) is 5.76 Å². The van der Waals surface area contributed by atoms with E-state index in [1.54, 1.807) is 26.0 Å². The minimum absolute atomic E-state index is 0.0687. The number of aliphatic hydroxyl groups excluding tert-OH is 1. The number of aliphatic hydroxyl groups is 1. The van der Waals surface area contributed by atoms with Crippen LogP contribution >= 0.6 is 11.6 Å². The first kappa shape index (κ1) is 22.5. The molecule has 170 valence electrons. The Morgan fingerprint density at radius 2 is 1.88 bits per heavy atom. The Kier molecular flexibility index (Phi) is 5.95. The Morgan fingerprint density at radius 3 is 2.52 bits per heavy atom. The second-order valence-corrected chi connectivity index (χ2v) is 7.70. The molecule has 0 bridgehead atoms. The number of rotatable bonds is 5. The summed E-state index contributed by atoms with van der Waals surface area (Å²) in [6.45, 7) is 3.80. The molecule has 1 fully saturated rings. The third-order valence-electron chi connectivity index (χ3n) is 5.16. The van der Waals surface area contributed by atoms with Crippen molar-refractivity contribution < 1.29 is 32.6 Å². The molecule has 1 saturated heterocycles. The largest absolute Gasteiger partial charge is 0.507 e. The van der Waals surface area contributed by atoms with Crippen molar-refractivity contribution in [2.24, 2.45) is 0 Å². The molecule has 0 saturated carbocycles. The van der Waals surface area contributed by atoms with Gasteiger partial charge < -0.3 is 14.3 Å². The number of ketones is 1. The summed E-state index contributed by atoms with van der Waals surface area (Å²) < 4.78 is 38.6. The van der Waals surface area contributed by atoms with E-state index < -0.39 is 35.1 Å². The molecule has 2 aromatic carbocycles.